The van der Waals surface area contributed by atoms with Gasteiger partial charge in [-0.05, 0) is 55.4 Å². The first-order chi connectivity index (χ1) is 12.6. The van der Waals surface area contributed by atoms with Crippen molar-refractivity contribution in [2.45, 2.75) is 23.8 Å². The van der Waals surface area contributed by atoms with Gasteiger partial charge in [-0.3, -0.25) is 4.79 Å². The maximum absolute atomic E-state index is 13.8. The highest BCUT2D eigenvalue weighted by Gasteiger charge is 2.35. The fourth-order valence-corrected chi connectivity index (χ4v) is 2.77. The van der Waals surface area contributed by atoms with Crippen molar-refractivity contribution in [3.8, 4) is 0 Å². The first-order valence-electron chi connectivity index (χ1n) is 7.85. The Morgan fingerprint density at radius 1 is 1.11 bits per heavy atom. The van der Waals surface area contributed by atoms with Gasteiger partial charge in [0.25, 0.3) is 5.91 Å². The normalized spacial score (nSPS) is 12.2. The van der Waals surface area contributed by atoms with Gasteiger partial charge in [0.05, 0.1) is 5.56 Å². The zero-order valence-electron chi connectivity index (χ0n) is 14.4. The number of rotatable bonds is 4. The molecule has 4 nitrogen and oxygen atoms in total. The third-order valence-corrected chi connectivity index (χ3v) is 4.51. The van der Waals surface area contributed by atoms with Crippen molar-refractivity contribution in [2.75, 3.05) is 5.32 Å². The van der Waals surface area contributed by atoms with Crippen molar-refractivity contribution in [3.05, 3.63) is 65.0 Å². The zero-order valence-corrected chi connectivity index (χ0v) is 17.5. The average Bonchev–Trinajstić information content (AvgIpc) is 2.57. The van der Waals surface area contributed by atoms with Gasteiger partial charge < -0.3 is 16.0 Å². The summed E-state index contributed by atoms with van der Waals surface area (Å²) in [6.07, 6.45) is -1.19. The number of halogens is 4. The van der Waals surface area contributed by atoms with E-state index >= 15 is 0 Å². The number of thiocarbonyl (C=S) groups is 1. The number of carbonyl (C=O) groups excluding carboxylic acids is 1. The minimum Gasteiger partial charge on any atom is -0.339 e. The lowest BCUT2D eigenvalue weighted by molar-refractivity contribution is 0.0930. The van der Waals surface area contributed by atoms with Crippen LogP contribution < -0.4 is 16.0 Å². The van der Waals surface area contributed by atoms with Crippen LogP contribution in [0.3, 0.4) is 0 Å². The lowest BCUT2D eigenvalue weighted by Crippen LogP contribution is -2.56. The summed E-state index contributed by atoms with van der Waals surface area (Å²) in [6, 6.07) is 11.3. The molecule has 0 saturated heterocycles. The van der Waals surface area contributed by atoms with E-state index in [1.165, 1.54) is 24.3 Å². The monoisotopic (exact) mass is 447 g/mol. The molecule has 0 spiro atoms. The number of hydrogen-bond donors (Lipinski definition) is 3. The molecule has 2 aromatic rings. The van der Waals surface area contributed by atoms with Crippen LogP contribution >= 0.6 is 47.0 Å². The molecule has 0 aliphatic carbocycles. The molecule has 2 aromatic carbocycles. The Labute approximate surface area is 177 Å². The first kappa shape index (κ1) is 21.7. The van der Waals surface area contributed by atoms with Crippen LogP contribution in [0.4, 0.5) is 10.1 Å². The van der Waals surface area contributed by atoms with Gasteiger partial charge in [-0.1, -0.05) is 59.1 Å². The maximum Gasteiger partial charge on any atom is 0.255 e. The van der Waals surface area contributed by atoms with Crippen molar-refractivity contribution in [3.63, 3.8) is 0 Å². The summed E-state index contributed by atoms with van der Waals surface area (Å²) in [5, 5.41) is 8.32. The molecule has 0 radical (unpaired) electrons. The van der Waals surface area contributed by atoms with Crippen LogP contribution in [-0.4, -0.2) is 21.0 Å². The van der Waals surface area contributed by atoms with E-state index in [0.717, 1.165) is 16.8 Å². The number of anilines is 1. The Morgan fingerprint density at radius 2 is 1.78 bits per heavy atom. The van der Waals surface area contributed by atoms with Gasteiger partial charge in [-0.15, -0.1) is 0 Å². The van der Waals surface area contributed by atoms with Crippen molar-refractivity contribution in [1.82, 2.24) is 10.6 Å². The zero-order chi connectivity index (χ0) is 20.2. The summed E-state index contributed by atoms with van der Waals surface area (Å²) < 4.78 is 11.9. The summed E-state index contributed by atoms with van der Waals surface area (Å²) >= 11 is 23.1. The standard InChI is InChI=1S/C18H17Cl3FN3OS/c1-10-7-8-11(2)14(9-10)23-17(27)25-16(18(19,20)21)24-15(26)12-5-3-4-6-13(12)22/h3-9,16H,1-2H3,(H,24,26)(H2,23,25,27). The van der Waals surface area contributed by atoms with Crippen LogP contribution in [0.15, 0.2) is 42.5 Å². The van der Waals surface area contributed by atoms with Crippen molar-refractivity contribution in [2.24, 2.45) is 0 Å². The average molecular weight is 449 g/mol. The third-order valence-electron chi connectivity index (χ3n) is 3.64. The van der Waals surface area contributed by atoms with Gasteiger partial charge in [0.15, 0.2) is 5.11 Å². The molecule has 0 heterocycles. The van der Waals surface area contributed by atoms with Crippen LogP contribution in [0.2, 0.25) is 0 Å². The van der Waals surface area contributed by atoms with E-state index in [2.05, 4.69) is 16.0 Å². The molecule has 27 heavy (non-hydrogen) atoms. The lowest BCUT2D eigenvalue weighted by atomic mass is 10.1. The van der Waals surface area contributed by atoms with Crippen molar-refractivity contribution in [1.29, 1.82) is 0 Å². The second-order valence-electron chi connectivity index (χ2n) is 5.84. The molecule has 0 aliphatic heterocycles. The van der Waals surface area contributed by atoms with Crippen LogP contribution in [0, 0.1) is 19.7 Å². The number of benzene rings is 2. The number of nitrogens with one attached hydrogen (secondary N) is 3. The molecule has 1 amide bonds. The van der Waals surface area contributed by atoms with Crippen LogP contribution in [0.25, 0.3) is 0 Å². The number of alkyl halides is 3. The molecule has 144 valence electrons. The predicted molar refractivity (Wildman–Crippen MR) is 113 cm³/mol. The number of carbonyl (C=O) groups is 1. The molecule has 9 heteroatoms. The summed E-state index contributed by atoms with van der Waals surface area (Å²) in [7, 11) is 0. The summed E-state index contributed by atoms with van der Waals surface area (Å²) in [5.74, 6) is -1.43. The molecular formula is C18H17Cl3FN3OS. The van der Waals surface area contributed by atoms with Gasteiger partial charge in [-0.25, -0.2) is 4.39 Å². The molecule has 0 bridgehead atoms. The van der Waals surface area contributed by atoms with E-state index in [1.807, 2.05) is 32.0 Å². The topological polar surface area (TPSA) is 53.2 Å². The minimum absolute atomic E-state index is 0.133. The summed E-state index contributed by atoms with van der Waals surface area (Å²) in [6.45, 7) is 3.86. The third kappa shape index (κ3) is 6.21. The number of amides is 1. The van der Waals surface area contributed by atoms with E-state index in [0.29, 0.717) is 0 Å². The Kier molecular flexibility index (Phi) is 7.28. The Hall–Kier alpha value is -1.60. The van der Waals surface area contributed by atoms with Crippen LogP contribution in [0.5, 0.6) is 0 Å². The molecule has 1 atom stereocenters. The fraction of sp³-hybridized carbons (Fsp3) is 0.222. The van der Waals surface area contributed by atoms with Crippen LogP contribution in [0.1, 0.15) is 21.5 Å². The highest BCUT2D eigenvalue weighted by molar-refractivity contribution is 7.80. The summed E-state index contributed by atoms with van der Waals surface area (Å²) in [4.78, 5) is 12.3. The minimum atomic E-state index is -1.94. The number of hydrogen-bond acceptors (Lipinski definition) is 2. The van der Waals surface area contributed by atoms with E-state index < -0.39 is 21.7 Å². The van der Waals surface area contributed by atoms with Gasteiger partial charge in [-0.2, -0.15) is 0 Å². The molecule has 0 aliphatic rings. The second kappa shape index (κ2) is 9.06. The molecule has 3 N–H and O–H groups in total. The van der Waals surface area contributed by atoms with Gasteiger partial charge in [0, 0.05) is 5.69 Å². The molecule has 0 aromatic heterocycles. The fourth-order valence-electron chi connectivity index (χ4n) is 2.21. The van der Waals surface area contributed by atoms with Crippen molar-refractivity contribution < 1.29 is 9.18 Å². The van der Waals surface area contributed by atoms with Crippen molar-refractivity contribution >= 4 is 63.7 Å². The van der Waals surface area contributed by atoms with Crippen LogP contribution in [-0.2, 0) is 0 Å². The quantitative estimate of drug-likeness (QED) is 0.355. The lowest BCUT2D eigenvalue weighted by Gasteiger charge is -2.28. The van der Waals surface area contributed by atoms with E-state index in [9.17, 15) is 9.18 Å². The Morgan fingerprint density at radius 3 is 2.41 bits per heavy atom. The number of aryl methyl sites for hydroxylation is 2. The predicted octanol–water partition coefficient (Wildman–Crippen LogP) is 4.86. The van der Waals surface area contributed by atoms with Gasteiger partial charge >= 0.3 is 0 Å². The maximum atomic E-state index is 13.8. The molecule has 0 fully saturated rings. The van der Waals surface area contributed by atoms with E-state index in [1.54, 1.807) is 0 Å². The van der Waals surface area contributed by atoms with Gasteiger partial charge in [0.1, 0.15) is 12.0 Å². The first-order valence-corrected chi connectivity index (χ1v) is 9.39. The highest BCUT2D eigenvalue weighted by Crippen LogP contribution is 2.29. The molecule has 0 saturated carbocycles. The summed E-state index contributed by atoms with van der Waals surface area (Å²) in [5.41, 5.74) is 2.60. The molecule has 2 rings (SSSR count). The van der Waals surface area contributed by atoms with E-state index in [-0.39, 0.29) is 10.7 Å². The van der Waals surface area contributed by atoms with E-state index in [4.69, 9.17) is 47.0 Å². The molecule has 1 unspecified atom stereocenters. The SMILES string of the molecule is Cc1ccc(C)c(NC(=S)NC(NC(=O)c2ccccc2F)C(Cl)(Cl)Cl)c1. The second-order valence-corrected chi connectivity index (χ2v) is 8.62. The molecular weight excluding hydrogens is 432 g/mol. The Bertz CT molecular complexity index is 858. The smallest absolute Gasteiger partial charge is 0.255 e. The van der Waals surface area contributed by atoms with Gasteiger partial charge in [0.2, 0.25) is 3.79 Å². The Balaban J connectivity index is 2.12. The largest absolute Gasteiger partial charge is 0.339 e. The highest BCUT2D eigenvalue weighted by atomic mass is 35.6.